The van der Waals surface area contributed by atoms with Gasteiger partial charge in [0, 0.05) is 6.42 Å². The van der Waals surface area contributed by atoms with E-state index in [1.165, 1.54) is 12.5 Å². The smallest absolute Gasteiger partial charge is 0.306 e. The number of hydrogen-bond donors (Lipinski definition) is 1. The van der Waals surface area contributed by atoms with Gasteiger partial charge in [-0.15, -0.1) is 0 Å². The van der Waals surface area contributed by atoms with E-state index in [-0.39, 0.29) is 11.8 Å². The van der Waals surface area contributed by atoms with Gasteiger partial charge in [0.1, 0.15) is 0 Å². The first-order valence-electron chi connectivity index (χ1n) is 6.78. The molecule has 0 aliphatic rings. The third-order valence-corrected chi connectivity index (χ3v) is 3.15. The SMILES string of the molecule is C[C@H](OC(=O)CCc1ccc(C(C)(C)C)cc1)C(N)=O. The summed E-state index contributed by atoms with van der Waals surface area (Å²) >= 11 is 0. The molecule has 0 saturated heterocycles. The Bertz CT molecular complexity index is 471. The molecule has 1 atom stereocenters. The van der Waals surface area contributed by atoms with Gasteiger partial charge in [-0.05, 0) is 29.9 Å². The van der Waals surface area contributed by atoms with Crippen LogP contribution in [0.3, 0.4) is 0 Å². The van der Waals surface area contributed by atoms with Crippen LogP contribution >= 0.6 is 0 Å². The van der Waals surface area contributed by atoms with Gasteiger partial charge in [-0.3, -0.25) is 9.59 Å². The van der Waals surface area contributed by atoms with Gasteiger partial charge >= 0.3 is 5.97 Å². The van der Waals surface area contributed by atoms with Crippen LogP contribution in [0.2, 0.25) is 0 Å². The Morgan fingerprint density at radius 1 is 1.20 bits per heavy atom. The van der Waals surface area contributed by atoms with Crippen molar-refractivity contribution in [2.75, 3.05) is 0 Å². The van der Waals surface area contributed by atoms with Crippen molar-refractivity contribution in [1.82, 2.24) is 0 Å². The molecule has 4 heteroatoms. The normalized spacial score (nSPS) is 12.8. The highest BCUT2D eigenvalue weighted by atomic mass is 16.5. The number of carbonyl (C=O) groups excluding carboxylic acids is 2. The van der Waals surface area contributed by atoms with Gasteiger partial charge in [0.25, 0.3) is 5.91 Å². The van der Waals surface area contributed by atoms with Crippen molar-refractivity contribution >= 4 is 11.9 Å². The molecular weight excluding hydrogens is 254 g/mol. The first kappa shape index (κ1) is 16.2. The Kier molecular flexibility index (Phi) is 5.31. The highest BCUT2D eigenvalue weighted by Crippen LogP contribution is 2.22. The number of amides is 1. The summed E-state index contributed by atoms with van der Waals surface area (Å²) in [6.45, 7) is 7.94. The van der Waals surface area contributed by atoms with E-state index < -0.39 is 18.0 Å². The van der Waals surface area contributed by atoms with E-state index in [1.54, 1.807) is 0 Å². The molecule has 0 saturated carbocycles. The highest BCUT2D eigenvalue weighted by molar-refractivity contribution is 5.81. The second-order valence-corrected chi connectivity index (χ2v) is 5.98. The fraction of sp³-hybridized carbons (Fsp3) is 0.500. The molecule has 0 aromatic heterocycles. The molecule has 1 amide bonds. The number of rotatable bonds is 5. The summed E-state index contributed by atoms with van der Waals surface area (Å²) in [4.78, 5) is 22.3. The molecule has 0 fully saturated rings. The maximum absolute atomic E-state index is 11.5. The lowest BCUT2D eigenvalue weighted by Crippen LogP contribution is -2.30. The highest BCUT2D eigenvalue weighted by Gasteiger charge is 2.15. The Balaban J connectivity index is 2.50. The summed E-state index contributed by atoms with van der Waals surface area (Å²) in [5, 5.41) is 0. The van der Waals surface area contributed by atoms with E-state index in [4.69, 9.17) is 10.5 Å². The van der Waals surface area contributed by atoms with Crippen LogP contribution in [-0.2, 0) is 26.2 Å². The molecule has 20 heavy (non-hydrogen) atoms. The minimum absolute atomic E-state index is 0.119. The monoisotopic (exact) mass is 277 g/mol. The van der Waals surface area contributed by atoms with Crippen molar-refractivity contribution in [3.05, 3.63) is 35.4 Å². The number of benzene rings is 1. The molecule has 2 N–H and O–H groups in total. The van der Waals surface area contributed by atoms with Crippen molar-refractivity contribution in [2.45, 2.75) is 52.1 Å². The van der Waals surface area contributed by atoms with Gasteiger partial charge in [-0.2, -0.15) is 0 Å². The number of ether oxygens (including phenoxy) is 1. The molecule has 0 bridgehead atoms. The lowest BCUT2D eigenvalue weighted by molar-refractivity contribution is -0.153. The van der Waals surface area contributed by atoms with Crippen LogP contribution in [-0.4, -0.2) is 18.0 Å². The molecule has 0 heterocycles. The third-order valence-electron chi connectivity index (χ3n) is 3.15. The summed E-state index contributed by atoms with van der Waals surface area (Å²) in [7, 11) is 0. The average Bonchev–Trinajstić information content (AvgIpc) is 2.35. The van der Waals surface area contributed by atoms with Crippen molar-refractivity contribution in [3.63, 3.8) is 0 Å². The van der Waals surface area contributed by atoms with Crippen molar-refractivity contribution in [1.29, 1.82) is 0 Å². The molecule has 0 aliphatic heterocycles. The van der Waals surface area contributed by atoms with Gasteiger partial charge in [0.2, 0.25) is 0 Å². The van der Waals surface area contributed by atoms with Crippen LogP contribution in [0, 0.1) is 0 Å². The average molecular weight is 277 g/mol. The van der Waals surface area contributed by atoms with E-state index in [0.717, 1.165) is 5.56 Å². The first-order chi connectivity index (χ1) is 9.20. The van der Waals surface area contributed by atoms with Crippen LogP contribution in [0.15, 0.2) is 24.3 Å². The maximum Gasteiger partial charge on any atom is 0.306 e. The Labute approximate surface area is 120 Å². The molecule has 4 nitrogen and oxygen atoms in total. The second-order valence-electron chi connectivity index (χ2n) is 5.98. The van der Waals surface area contributed by atoms with Gasteiger partial charge in [0.05, 0.1) is 0 Å². The molecule has 0 spiro atoms. The zero-order valence-electron chi connectivity index (χ0n) is 12.6. The molecule has 0 unspecified atom stereocenters. The van der Waals surface area contributed by atoms with Crippen LogP contribution in [0.5, 0.6) is 0 Å². The largest absolute Gasteiger partial charge is 0.453 e. The molecule has 110 valence electrons. The predicted octanol–water partition coefficient (Wildman–Crippen LogP) is 2.33. The van der Waals surface area contributed by atoms with E-state index in [0.29, 0.717) is 6.42 Å². The lowest BCUT2D eigenvalue weighted by Gasteiger charge is -2.19. The van der Waals surface area contributed by atoms with Gasteiger partial charge in [0.15, 0.2) is 6.10 Å². The fourth-order valence-electron chi connectivity index (χ4n) is 1.73. The molecule has 0 radical (unpaired) electrons. The third kappa shape index (κ3) is 5.03. The minimum atomic E-state index is -0.870. The summed E-state index contributed by atoms with van der Waals surface area (Å²) < 4.78 is 4.90. The topological polar surface area (TPSA) is 69.4 Å². The number of carbonyl (C=O) groups is 2. The van der Waals surface area contributed by atoms with Crippen LogP contribution in [0.4, 0.5) is 0 Å². The van der Waals surface area contributed by atoms with Crippen LogP contribution in [0.25, 0.3) is 0 Å². The summed E-state index contributed by atoms with van der Waals surface area (Å²) in [5.74, 6) is -1.04. The van der Waals surface area contributed by atoms with E-state index in [2.05, 4.69) is 32.9 Å². The summed E-state index contributed by atoms with van der Waals surface area (Å²) in [5.41, 5.74) is 7.48. The van der Waals surface area contributed by atoms with E-state index in [1.807, 2.05) is 12.1 Å². The number of aryl methyl sites for hydroxylation is 1. The van der Waals surface area contributed by atoms with Gasteiger partial charge < -0.3 is 10.5 Å². The predicted molar refractivity (Wildman–Crippen MR) is 78.2 cm³/mol. The van der Waals surface area contributed by atoms with Crippen molar-refractivity contribution in [3.8, 4) is 0 Å². The molecule has 1 aromatic carbocycles. The quantitative estimate of drug-likeness (QED) is 0.840. The first-order valence-corrected chi connectivity index (χ1v) is 6.78. The van der Waals surface area contributed by atoms with E-state index in [9.17, 15) is 9.59 Å². The Morgan fingerprint density at radius 2 is 1.75 bits per heavy atom. The molecule has 1 aromatic rings. The second kappa shape index (κ2) is 6.55. The van der Waals surface area contributed by atoms with Gasteiger partial charge in [-0.25, -0.2) is 0 Å². The molecule has 1 rings (SSSR count). The Hall–Kier alpha value is -1.84. The number of hydrogen-bond acceptors (Lipinski definition) is 3. The summed E-state index contributed by atoms with van der Waals surface area (Å²) in [6.07, 6.45) is -0.0351. The number of esters is 1. The van der Waals surface area contributed by atoms with Crippen molar-refractivity contribution < 1.29 is 14.3 Å². The minimum Gasteiger partial charge on any atom is -0.453 e. The zero-order chi connectivity index (χ0) is 15.3. The maximum atomic E-state index is 11.5. The number of nitrogens with two attached hydrogens (primary N) is 1. The van der Waals surface area contributed by atoms with Crippen LogP contribution in [0.1, 0.15) is 45.2 Å². The molecular formula is C16H23NO3. The Morgan fingerprint density at radius 3 is 2.20 bits per heavy atom. The summed E-state index contributed by atoms with van der Waals surface area (Å²) in [6, 6.07) is 8.19. The fourth-order valence-corrected chi connectivity index (χ4v) is 1.73. The molecule has 0 aliphatic carbocycles. The van der Waals surface area contributed by atoms with E-state index >= 15 is 0 Å². The number of primary amides is 1. The van der Waals surface area contributed by atoms with Crippen LogP contribution < -0.4 is 5.73 Å². The van der Waals surface area contributed by atoms with Gasteiger partial charge in [-0.1, -0.05) is 45.0 Å². The van der Waals surface area contributed by atoms with Crippen molar-refractivity contribution in [2.24, 2.45) is 5.73 Å². The standard InChI is InChI=1S/C16H23NO3/c1-11(15(17)19)20-14(18)10-7-12-5-8-13(9-6-12)16(2,3)4/h5-6,8-9,11H,7,10H2,1-4H3,(H2,17,19)/t11-/m0/s1. The lowest BCUT2D eigenvalue weighted by atomic mass is 9.86. The zero-order valence-corrected chi connectivity index (χ0v) is 12.6.